The summed E-state index contributed by atoms with van der Waals surface area (Å²) in [6.07, 6.45) is 0.512. The molecule has 2 atom stereocenters. The molecule has 8 nitrogen and oxygen atoms in total. The molecule has 1 aromatic heterocycles. The number of nitrogen functional groups attached to an aromatic ring is 1. The first kappa shape index (κ1) is 19.3. The molecule has 2 aromatic rings. The number of nitrogens with two attached hydrogens (primary N) is 1. The summed E-state index contributed by atoms with van der Waals surface area (Å²) in [6.45, 7) is 1.51. The maximum atomic E-state index is 12.9. The average molecular weight is 389 g/mol. The fourth-order valence-electron chi connectivity index (χ4n) is 3.20. The predicted octanol–water partition coefficient (Wildman–Crippen LogP) is 1.19. The fraction of sp³-hybridized carbons (Fsp3) is 0.353. The number of anilines is 1. The number of hydrogen-bond acceptors (Lipinski definition) is 8. The summed E-state index contributed by atoms with van der Waals surface area (Å²) < 4.78 is 5.62. The standard InChI is InChI=1S/C17H20BN3O5S/c1-9-3-2-4-10-5-11(18(25)26-16(9)10)6-13(22)15(20-7-14(23)24)12-8-27-17(19)21-12/h2-4,8,11,15,20,25H,5-7H2,1H3,(H2,19,21)(H,23,24)/t11-,15?/m1/s1. The quantitative estimate of drug-likeness (QED) is 0.519. The second-order valence-corrected chi connectivity index (χ2v) is 7.41. The largest absolute Gasteiger partial charge is 0.536 e. The van der Waals surface area contributed by atoms with E-state index in [-0.39, 0.29) is 18.7 Å². The number of fused-ring (bicyclic) bond motifs is 1. The van der Waals surface area contributed by atoms with Crippen molar-refractivity contribution in [3.8, 4) is 5.75 Å². The van der Waals surface area contributed by atoms with Crippen LogP contribution in [0.1, 0.15) is 29.3 Å². The van der Waals surface area contributed by atoms with Gasteiger partial charge in [-0.15, -0.1) is 11.3 Å². The van der Waals surface area contributed by atoms with Crippen molar-refractivity contribution in [3.05, 3.63) is 40.4 Å². The molecule has 0 saturated carbocycles. The van der Waals surface area contributed by atoms with Crippen molar-refractivity contribution in [3.63, 3.8) is 0 Å². The van der Waals surface area contributed by atoms with Gasteiger partial charge >= 0.3 is 13.1 Å². The van der Waals surface area contributed by atoms with Gasteiger partial charge in [0.2, 0.25) is 0 Å². The Hall–Kier alpha value is -2.43. The zero-order valence-electron chi connectivity index (χ0n) is 14.7. The number of carboxylic acid groups (broad SMARTS) is 1. The maximum absolute atomic E-state index is 12.9. The third-order valence-electron chi connectivity index (χ3n) is 4.50. The molecule has 2 heterocycles. The highest BCUT2D eigenvalue weighted by Gasteiger charge is 2.38. The number of carbonyl (C=O) groups excluding carboxylic acids is 1. The molecule has 0 amide bonds. The van der Waals surface area contributed by atoms with Gasteiger partial charge in [-0.25, -0.2) is 4.98 Å². The Labute approximate surface area is 160 Å². The summed E-state index contributed by atoms with van der Waals surface area (Å²) >= 11 is 1.18. The second-order valence-electron chi connectivity index (χ2n) is 6.52. The van der Waals surface area contributed by atoms with Crippen molar-refractivity contribution in [1.29, 1.82) is 0 Å². The lowest BCUT2D eigenvalue weighted by Gasteiger charge is -2.29. The van der Waals surface area contributed by atoms with Crippen LogP contribution in [-0.4, -0.2) is 40.5 Å². The first-order valence-corrected chi connectivity index (χ1v) is 9.35. The minimum Gasteiger partial charge on any atom is -0.536 e. The summed E-state index contributed by atoms with van der Waals surface area (Å²) in [7, 11) is -1.11. The lowest BCUT2D eigenvalue weighted by atomic mass is 9.64. The molecule has 0 fully saturated rings. The van der Waals surface area contributed by atoms with E-state index in [2.05, 4.69) is 10.3 Å². The Morgan fingerprint density at radius 3 is 2.96 bits per heavy atom. The summed E-state index contributed by atoms with van der Waals surface area (Å²) in [5.41, 5.74) is 7.88. The second kappa shape index (κ2) is 8.07. The Balaban J connectivity index is 1.75. The van der Waals surface area contributed by atoms with Gasteiger partial charge in [0.15, 0.2) is 10.9 Å². The number of Topliss-reactive ketones (excluding diaryl/α,β-unsaturated/α-hetero) is 1. The number of carboxylic acids is 1. The number of nitrogens with one attached hydrogen (secondary N) is 1. The molecule has 10 heteroatoms. The van der Waals surface area contributed by atoms with E-state index in [1.807, 2.05) is 25.1 Å². The monoisotopic (exact) mass is 389 g/mol. The van der Waals surface area contributed by atoms with Crippen molar-refractivity contribution >= 4 is 35.3 Å². The van der Waals surface area contributed by atoms with Crippen molar-refractivity contribution < 1.29 is 24.4 Å². The molecule has 3 rings (SSSR count). The summed E-state index contributed by atoms with van der Waals surface area (Å²) in [6, 6.07) is 4.81. The maximum Gasteiger partial charge on any atom is 0.526 e. The number of thiazole rings is 1. The van der Waals surface area contributed by atoms with Crippen molar-refractivity contribution in [2.75, 3.05) is 12.3 Å². The SMILES string of the molecule is Cc1cccc2c1OB(O)[C@@H](CC(=O)C(NCC(=O)O)c1csc(N)n1)C2. The van der Waals surface area contributed by atoms with Gasteiger partial charge in [-0.05, 0) is 24.5 Å². The van der Waals surface area contributed by atoms with Crippen molar-refractivity contribution in [2.24, 2.45) is 0 Å². The van der Waals surface area contributed by atoms with Crippen LogP contribution in [0.25, 0.3) is 0 Å². The topological polar surface area (TPSA) is 135 Å². The zero-order chi connectivity index (χ0) is 19.6. The number of aliphatic carboxylic acids is 1. The first-order valence-electron chi connectivity index (χ1n) is 8.47. The van der Waals surface area contributed by atoms with E-state index in [9.17, 15) is 14.6 Å². The molecule has 1 aliphatic rings. The molecule has 5 N–H and O–H groups in total. The molecular formula is C17H20BN3O5S. The summed E-state index contributed by atoms with van der Waals surface area (Å²) in [4.78, 5) is 27.9. The Bertz CT molecular complexity index is 859. The van der Waals surface area contributed by atoms with Crippen molar-refractivity contribution in [1.82, 2.24) is 10.3 Å². The van der Waals surface area contributed by atoms with E-state index in [0.29, 0.717) is 23.0 Å². The van der Waals surface area contributed by atoms with Crippen LogP contribution in [-0.2, 0) is 16.0 Å². The number of aromatic nitrogens is 1. The van der Waals surface area contributed by atoms with Crippen LogP contribution in [0.4, 0.5) is 5.13 Å². The summed E-state index contributed by atoms with van der Waals surface area (Å²) in [5, 5.41) is 23.9. The van der Waals surface area contributed by atoms with E-state index in [4.69, 9.17) is 15.5 Å². The zero-order valence-corrected chi connectivity index (χ0v) is 15.5. The number of carbonyl (C=O) groups is 2. The molecule has 0 saturated heterocycles. The molecule has 142 valence electrons. The van der Waals surface area contributed by atoms with E-state index >= 15 is 0 Å². The van der Waals surface area contributed by atoms with Gasteiger partial charge in [-0.1, -0.05) is 18.2 Å². The highest BCUT2D eigenvalue weighted by atomic mass is 32.1. The smallest absolute Gasteiger partial charge is 0.526 e. The van der Waals surface area contributed by atoms with Crippen LogP contribution in [0, 0.1) is 6.92 Å². The molecule has 1 unspecified atom stereocenters. The van der Waals surface area contributed by atoms with E-state index in [0.717, 1.165) is 11.1 Å². The molecule has 0 radical (unpaired) electrons. The van der Waals surface area contributed by atoms with Gasteiger partial charge in [0.25, 0.3) is 0 Å². The minimum atomic E-state index is -1.11. The van der Waals surface area contributed by atoms with Gasteiger partial charge < -0.3 is 20.5 Å². The normalized spacial score (nSPS) is 17.1. The van der Waals surface area contributed by atoms with Crippen LogP contribution in [0.15, 0.2) is 23.6 Å². The van der Waals surface area contributed by atoms with E-state index < -0.39 is 24.9 Å². The minimum absolute atomic E-state index is 0.0171. The van der Waals surface area contributed by atoms with Gasteiger partial charge in [0, 0.05) is 17.6 Å². The van der Waals surface area contributed by atoms with E-state index in [1.54, 1.807) is 5.38 Å². The van der Waals surface area contributed by atoms with Crippen LogP contribution < -0.4 is 15.7 Å². The van der Waals surface area contributed by atoms with Gasteiger partial charge in [0.1, 0.15) is 11.8 Å². The highest BCUT2D eigenvalue weighted by molar-refractivity contribution is 7.13. The third-order valence-corrected chi connectivity index (χ3v) is 5.19. The lowest BCUT2D eigenvalue weighted by molar-refractivity contribution is -0.136. The summed E-state index contributed by atoms with van der Waals surface area (Å²) in [5.74, 6) is -1.13. The number of aryl methyl sites for hydroxylation is 1. The molecule has 1 aromatic carbocycles. The first-order chi connectivity index (χ1) is 12.8. The predicted molar refractivity (Wildman–Crippen MR) is 102 cm³/mol. The molecular weight excluding hydrogens is 369 g/mol. The van der Waals surface area contributed by atoms with Crippen LogP contribution in [0.3, 0.4) is 0 Å². The van der Waals surface area contributed by atoms with Gasteiger partial charge in [-0.2, -0.15) is 0 Å². The van der Waals surface area contributed by atoms with E-state index in [1.165, 1.54) is 11.3 Å². The molecule has 27 heavy (non-hydrogen) atoms. The average Bonchev–Trinajstić information content (AvgIpc) is 3.02. The highest BCUT2D eigenvalue weighted by Crippen LogP contribution is 2.36. The number of nitrogens with zero attached hydrogens (tertiary/aromatic N) is 1. The Kier molecular flexibility index (Phi) is 5.78. The van der Waals surface area contributed by atoms with Crippen LogP contribution in [0.5, 0.6) is 5.75 Å². The Morgan fingerprint density at radius 1 is 1.52 bits per heavy atom. The number of para-hydroxylation sites is 1. The van der Waals surface area contributed by atoms with Gasteiger partial charge in [-0.3, -0.25) is 14.9 Å². The molecule has 0 aliphatic carbocycles. The number of hydrogen-bond donors (Lipinski definition) is 4. The number of benzene rings is 1. The van der Waals surface area contributed by atoms with Crippen molar-refractivity contribution in [2.45, 2.75) is 31.6 Å². The molecule has 0 bridgehead atoms. The number of ketones is 1. The lowest BCUT2D eigenvalue weighted by Crippen LogP contribution is -2.38. The molecule has 0 spiro atoms. The number of rotatable bonds is 7. The third kappa shape index (κ3) is 4.47. The fourth-order valence-corrected chi connectivity index (χ4v) is 3.79. The van der Waals surface area contributed by atoms with Crippen LogP contribution in [0.2, 0.25) is 5.82 Å². The van der Waals surface area contributed by atoms with Crippen LogP contribution >= 0.6 is 11.3 Å². The van der Waals surface area contributed by atoms with Gasteiger partial charge in [0.05, 0.1) is 12.2 Å². The Morgan fingerprint density at radius 2 is 2.30 bits per heavy atom. The molecule has 1 aliphatic heterocycles.